The van der Waals surface area contributed by atoms with E-state index in [0.29, 0.717) is 49.1 Å². The van der Waals surface area contributed by atoms with Crippen LogP contribution in [0.15, 0.2) is 85.0 Å². The molecule has 3 fully saturated rings. The van der Waals surface area contributed by atoms with Crippen LogP contribution >= 0.6 is 35.3 Å². The topological polar surface area (TPSA) is 320 Å². The molecule has 3 aliphatic heterocycles. The number of hydrogen-bond donors (Lipinski definition) is 7. The molecule has 21 nitrogen and oxygen atoms in total. The summed E-state index contributed by atoms with van der Waals surface area (Å²) in [6, 6.07) is 14.1. The van der Waals surface area contributed by atoms with E-state index in [9.17, 15) is 43.2 Å². The maximum Gasteiger partial charge on any atom is 0.407 e. The van der Waals surface area contributed by atoms with Crippen LogP contribution < -0.4 is 33.2 Å². The fraction of sp³-hybridized carbons (Fsp3) is 0.481. The summed E-state index contributed by atoms with van der Waals surface area (Å²) >= 11 is 4.14. The molecule has 0 saturated carbocycles. The lowest BCUT2D eigenvalue weighted by molar-refractivity contribution is -0.139. The molecule has 4 atom stereocenters. The van der Waals surface area contributed by atoms with Crippen molar-refractivity contribution in [1.29, 1.82) is 5.41 Å². The number of amides is 9. The van der Waals surface area contributed by atoms with Crippen LogP contribution in [-0.4, -0.2) is 154 Å². The Morgan fingerprint density at radius 3 is 1.45 bits per heavy atom. The zero-order valence-corrected chi connectivity index (χ0v) is 47.6. The number of unbranched alkanes of at least 4 members (excludes halogenated alkanes) is 1. The normalized spacial score (nSPS) is 18.0. The Balaban J connectivity index is 0.000000314. The Bertz CT molecular complexity index is 2420. The third-order valence-corrected chi connectivity index (χ3v) is 14.9. The standard InChI is InChI=1S/C25H38N4O5S.C15H19N3O4S.C7H12N2O2S.C7H7N/c1-17(2)14-19(6-4-5-11-26)23(31)28-20-9-7-18(8-10-20)16-34-25(33)27-12-13-29-22(30)15-21(35-3)24(29)32;1-23-12-8-13(19)18(14(12)20)7-6-17-15(21)22-9-10-2-4-11(16)5-3-10;1-12-5-4-6(10)9(3-2-8)7(5)11;1-6-2-4-7(8)5-3-6/h7-10,17,19,21H,4-6,11-16,26H2,1-3H3,(H,27,33)(H,28,31);2-5,12H,6-9,16H2,1H3,(H,17,21);5H,2-4,8H2,1H3;2-5,8H,1H2/t19-,21?;;;/m1.../s1. The third kappa shape index (κ3) is 22.9. The number of rotatable bonds is 23. The fourth-order valence-electron chi connectivity index (χ4n) is 7.79. The van der Waals surface area contributed by atoms with Gasteiger partial charge in [0.15, 0.2) is 0 Å². The summed E-state index contributed by atoms with van der Waals surface area (Å²) in [5, 5.41) is 14.3. The predicted octanol–water partition coefficient (Wildman–Crippen LogP) is 5.24. The molecule has 426 valence electrons. The van der Waals surface area contributed by atoms with Gasteiger partial charge in [-0.2, -0.15) is 35.3 Å². The summed E-state index contributed by atoms with van der Waals surface area (Å²) in [5.74, 6) is -0.616. The van der Waals surface area contributed by atoms with Crippen LogP contribution in [0.2, 0.25) is 0 Å². The Morgan fingerprint density at radius 1 is 0.654 bits per heavy atom. The van der Waals surface area contributed by atoms with Gasteiger partial charge < -0.3 is 48.0 Å². The minimum atomic E-state index is -0.628. The van der Waals surface area contributed by atoms with E-state index in [1.54, 1.807) is 73.2 Å². The Labute approximate surface area is 469 Å². The Morgan fingerprint density at radius 2 is 1.08 bits per heavy atom. The summed E-state index contributed by atoms with van der Waals surface area (Å²) in [6.45, 7) is 10.0. The second kappa shape index (κ2) is 35.1. The molecular formula is C54H76N10O11S3. The third-order valence-electron chi connectivity index (χ3n) is 12.1. The van der Waals surface area contributed by atoms with Gasteiger partial charge in [0.05, 0.1) is 21.5 Å². The Kier molecular flexibility index (Phi) is 29.6. The van der Waals surface area contributed by atoms with Gasteiger partial charge >= 0.3 is 12.2 Å². The summed E-state index contributed by atoms with van der Waals surface area (Å²) in [4.78, 5) is 110. The molecule has 3 unspecified atom stereocenters. The van der Waals surface area contributed by atoms with Gasteiger partial charge in [-0.1, -0.05) is 63.3 Å². The van der Waals surface area contributed by atoms with Crippen LogP contribution in [0.1, 0.15) is 69.9 Å². The predicted molar refractivity (Wildman–Crippen MR) is 308 cm³/mol. The average molecular weight is 1140 g/mol. The zero-order valence-electron chi connectivity index (χ0n) is 45.1. The molecule has 78 heavy (non-hydrogen) atoms. The number of nitrogens with one attached hydrogen (secondary N) is 4. The smallest absolute Gasteiger partial charge is 0.407 e. The van der Waals surface area contributed by atoms with Gasteiger partial charge in [-0.15, -0.1) is 0 Å². The minimum absolute atomic E-state index is 0.0120. The number of alkyl carbamates (subject to hydrolysis) is 2. The molecule has 2 aromatic rings. The van der Waals surface area contributed by atoms with Crippen molar-refractivity contribution >= 4 is 106 Å². The van der Waals surface area contributed by atoms with Crippen molar-refractivity contribution in [2.45, 2.75) is 87.8 Å². The van der Waals surface area contributed by atoms with Crippen LogP contribution in [0, 0.1) is 17.2 Å². The fourth-order valence-corrected chi connectivity index (χ4v) is 9.71. The average Bonchev–Trinajstić information content (AvgIpc) is 3.98. The first kappa shape index (κ1) is 65.8. The van der Waals surface area contributed by atoms with Gasteiger partial charge in [-0.05, 0) is 104 Å². The first-order valence-electron chi connectivity index (χ1n) is 25.5. The zero-order chi connectivity index (χ0) is 57.7. The number of likely N-dealkylation sites (tertiary alicyclic amines) is 3. The molecule has 24 heteroatoms. The van der Waals surface area contributed by atoms with Crippen LogP contribution in [0.5, 0.6) is 0 Å². The summed E-state index contributed by atoms with van der Waals surface area (Å²) in [6.07, 6.45) is 15.6. The molecular weight excluding hydrogens is 1060 g/mol. The lowest BCUT2D eigenvalue weighted by Crippen LogP contribution is -2.39. The van der Waals surface area contributed by atoms with Crippen molar-refractivity contribution in [2.24, 2.45) is 23.3 Å². The summed E-state index contributed by atoms with van der Waals surface area (Å²) < 4.78 is 10.3. The van der Waals surface area contributed by atoms with E-state index in [1.165, 1.54) is 50.0 Å². The highest BCUT2D eigenvalue weighted by molar-refractivity contribution is 8.00. The van der Waals surface area contributed by atoms with E-state index in [2.05, 4.69) is 36.4 Å². The highest BCUT2D eigenvalue weighted by Crippen LogP contribution is 2.25. The first-order chi connectivity index (χ1) is 37.2. The van der Waals surface area contributed by atoms with Gasteiger partial charge in [0.25, 0.3) is 0 Å². The summed E-state index contributed by atoms with van der Waals surface area (Å²) in [5.41, 5.74) is 20.8. The number of nitrogen functional groups attached to an aromatic ring is 1. The number of allylic oxidation sites excluding steroid dienone is 5. The van der Waals surface area contributed by atoms with Crippen molar-refractivity contribution in [1.82, 2.24) is 25.3 Å². The SMILES string of the molecule is C=C1C=CC(=N)C=C1.CSC1CC(=O)N(CCN)C1=O.CSC1CC(=O)N(CCNC(=O)OCc2ccc(N)cc2)C1=O.CSC1CC(=O)N(CCNC(=O)OCc2ccc(NC(=O)[C@H](CCCCN)CC(C)C)cc2)C1=O. The van der Waals surface area contributed by atoms with Gasteiger partial charge in [0.1, 0.15) is 13.2 Å². The summed E-state index contributed by atoms with van der Waals surface area (Å²) in [7, 11) is 0. The van der Waals surface area contributed by atoms with E-state index in [-0.39, 0.29) is 115 Å². The maximum absolute atomic E-state index is 12.7. The first-order valence-corrected chi connectivity index (χ1v) is 29.3. The molecule has 0 spiro atoms. The monoisotopic (exact) mass is 1140 g/mol. The van der Waals surface area contributed by atoms with E-state index in [1.807, 2.05) is 18.4 Å². The largest absolute Gasteiger partial charge is 0.445 e. The highest BCUT2D eigenvalue weighted by atomic mass is 32.2. The lowest BCUT2D eigenvalue weighted by Gasteiger charge is -2.19. The quantitative estimate of drug-likeness (QED) is 0.0425. The van der Waals surface area contributed by atoms with Crippen molar-refractivity contribution in [3.63, 3.8) is 0 Å². The molecule has 0 bridgehead atoms. The lowest BCUT2D eigenvalue weighted by atomic mass is 9.91. The maximum atomic E-state index is 12.7. The van der Waals surface area contributed by atoms with Crippen LogP contribution in [-0.2, 0) is 56.2 Å². The second-order valence-corrected chi connectivity index (χ2v) is 21.6. The number of carbonyl (C=O) groups excluding carboxylic acids is 9. The van der Waals surface area contributed by atoms with Crippen LogP contribution in [0.4, 0.5) is 21.0 Å². The van der Waals surface area contributed by atoms with Gasteiger partial charge in [0, 0.05) is 75.8 Å². The van der Waals surface area contributed by atoms with Gasteiger partial charge in [-0.3, -0.25) is 48.3 Å². The van der Waals surface area contributed by atoms with Crippen molar-refractivity contribution in [3.8, 4) is 0 Å². The van der Waals surface area contributed by atoms with Crippen molar-refractivity contribution in [2.75, 3.05) is 75.6 Å². The number of ether oxygens (including phenoxy) is 2. The molecule has 1 aliphatic carbocycles. The molecule has 10 N–H and O–H groups in total. The number of nitrogens with two attached hydrogens (primary N) is 3. The van der Waals surface area contributed by atoms with E-state index in [4.69, 9.17) is 32.1 Å². The number of thioether (sulfide) groups is 3. The number of imide groups is 3. The van der Waals surface area contributed by atoms with E-state index >= 15 is 0 Å². The van der Waals surface area contributed by atoms with Crippen molar-refractivity contribution in [3.05, 3.63) is 96.1 Å². The van der Waals surface area contributed by atoms with E-state index < -0.39 is 12.2 Å². The minimum Gasteiger partial charge on any atom is -0.445 e. The number of carbonyl (C=O) groups is 9. The van der Waals surface area contributed by atoms with Crippen LogP contribution in [0.25, 0.3) is 0 Å². The molecule has 2 aromatic carbocycles. The van der Waals surface area contributed by atoms with Gasteiger partial charge in [-0.25, -0.2) is 9.59 Å². The molecule has 0 radical (unpaired) electrons. The molecule has 3 saturated heterocycles. The van der Waals surface area contributed by atoms with Gasteiger partial charge in [0.2, 0.25) is 41.4 Å². The highest BCUT2D eigenvalue weighted by Gasteiger charge is 2.39. The number of anilines is 2. The van der Waals surface area contributed by atoms with E-state index in [0.717, 1.165) is 42.4 Å². The van der Waals surface area contributed by atoms with Crippen molar-refractivity contribution < 1.29 is 52.6 Å². The molecule has 0 aromatic heterocycles. The Hall–Kier alpha value is -6.47. The molecule has 3 heterocycles. The molecule has 6 rings (SSSR count). The second-order valence-electron chi connectivity index (χ2n) is 18.5. The molecule has 4 aliphatic rings. The number of benzene rings is 2. The number of hydrogen-bond acceptors (Lipinski definition) is 18. The molecule has 9 amide bonds. The number of nitrogens with zero attached hydrogens (tertiary/aromatic N) is 3. The van der Waals surface area contributed by atoms with Crippen LogP contribution in [0.3, 0.4) is 0 Å².